The Morgan fingerprint density at radius 1 is 1.04 bits per heavy atom. The molecule has 0 bridgehead atoms. The number of aromatic nitrogens is 2. The highest BCUT2D eigenvalue weighted by molar-refractivity contribution is 5.75. The van der Waals surface area contributed by atoms with E-state index in [1.807, 2.05) is 55.5 Å². The smallest absolute Gasteiger partial charge is 0.161 e. The molecule has 0 saturated carbocycles. The van der Waals surface area contributed by atoms with E-state index in [-0.39, 0.29) is 0 Å². The summed E-state index contributed by atoms with van der Waals surface area (Å²) < 4.78 is 19.0. The summed E-state index contributed by atoms with van der Waals surface area (Å²) in [7, 11) is 3.37. The number of hydrogen-bond donors (Lipinski definition) is 0. The lowest BCUT2D eigenvalue weighted by Crippen LogP contribution is -2.07. The number of unbranched alkanes of at least 4 members (excludes halogenated alkanes) is 1. The molecule has 5 heteroatoms. The molecule has 3 aromatic rings. The van der Waals surface area contributed by atoms with E-state index >= 15 is 0 Å². The molecule has 0 aliphatic rings. The summed E-state index contributed by atoms with van der Waals surface area (Å²) in [6.45, 7) is 4.05. The van der Waals surface area contributed by atoms with Crippen molar-refractivity contribution in [3.05, 3.63) is 59.9 Å². The van der Waals surface area contributed by atoms with E-state index in [0.717, 1.165) is 53.3 Å². The Balaban J connectivity index is 1.57. The van der Waals surface area contributed by atoms with Crippen LogP contribution >= 0.6 is 0 Å². The van der Waals surface area contributed by atoms with Crippen molar-refractivity contribution in [2.75, 3.05) is 20.8 Å². The number of allylic oxidation sites excluding steroid dienone is 1. The summed E-state index contributed by atoms with van der Waals surface area (Å²) in [5.41, 5.74) is 3.26. The summed E-state index contributed by atoms with van der Waals surface area (Å²) in [4.78, 5) is 4.68. The van der Waals surface area contributed by atoms with Crippen molar-refractivity contribution < 1.29 is 14.2 Å². The molecule has 1 aromatic heterocycles. The number of fused-ring (bicyclic) bond motifs is 1. The van der Waals surface area contributed by atoms with Crippen LogP contribution in [0.4, 0.5) is 0 Å². The van der Waals surface area contributed by atoms with E-state index in [1.54, 1.807) is 14.2 Å². The summed E-state index contributed by atoms with van der Waals surface area (Å²) in [5.74, 6) is 2.51. The number of aryl methyl sites for hydroxylation is 1. The van der Waals surface area contributed by atoms with Crippen LogP contribution in [-0.4, -0.2) is 30.4 Å². The molecule has 0 N–H and O–H groups in total. The number of rotatable bonds is 10. The van der Waals surface area contributed by atoms with Gasteiger partial charge < -0.3 is 18.8 Å². The molecule has 0 saturated heterocycles. The van der Waals surface area contributed by atoms with Crippen LogP contribution in [0.3, 0.4) is 0 Å². The van der Waals surface area contributed by atoms with E-state index in [4.69, 9.17) is 14.2 Å². The maximum Gasteiger partial charge on any atom is 0.161 e. The fraction of sp³-hybridized carbons (Fsp3) is 0.348. The van der Waals surface area contributed by atoms with Crippen molar-refractivity contribution in [1.82, 2.24) is 9.55 Å². The predicted octanol–water partition coefficient (Wildman–Crippen LogP) is 5.08. The van der Waals surface area contributed by atoms with Gasteiger partial charge in [-0.25, -0.2) is 4.98 Å². The van der Waals surface area contributed by atoms with E-state index in [2.05, 4.69) is 15.6 Å². The first kappa shape index (κ1) is 20.0. The molecule has 5 nitrogen and oxygen atoms in total. The fourth-order valence-electron chi connectivity index (χ4n) is 3.27. The topological polar surface area (TPSA) is 45.5 Å². The van der Waals surface area contributed by atoms with Crippen LogP contribution in [0.1, 0.15) is 31.2 Å². The molecule has 0 fully saturated rings. The van der Waals surface area contributed by atoms with Gasteiger partial charge in [0.1, 0.15) is 12.4 Å². The SMILES string of the molecule is C/C=C/c1ccc(OCCCCn2c(COC)nc3ccccc32)c(OC)c1. The van der Waals surface area contributed by atoms with E-state index in [1.165, 1.54) is 0 Å². The lowest BCUT2D eigenvalue weighted by Gasteiger charge is -2.12. The van der Waals surface area contributed by atoms with Crippen LogP contribution in [0.25, 0.3) is 17.1 Å². The first-order valence-corrected chi connectivity index (χ1v) is 9.63. The minimum atomic E-state index is 0.515. The van der Waals surface area contributed by atoms with Gasteiger partial charge >= 0.3 is 0 Å². The Morgan fingerprint density at radius 3 is 2.68 bits per heavy atom. The van der Waals surface area contributed by atoms with Crippen LogP contribution in [-0.2, 0) is 17.9 Å². The second-order valence-electron chi connectivity index (χ2n) is 6.57. The van der Waals surface area contributed by atoms with Crippen LogP contribution < -0.4 is 9.47 Å². The van der Waals surface area contributed by atoms with Gasteiger partial charge in [0.15, 0.2) is 11.5 Å². The maximum absolute atomic E-state index is 5.95. The number of para-hydroxylation sites is 2. The van der Waals surface area contributed by atoms with Crippen LogP contribution in [0.2, 0.25) is 0 Å². The Morgan fingerprint density at radius 2 is 1.89 bits per heavy atom. The van der Waals surface area contributed by atoms with Gasteiger partial charge in [-0.2, -0.15) is 0 Å². The molecule has 2 aromatic carbocycles. The van der Waals surface area contributed by atoms with Gasteiger partial charge in [-0.1, -0.05) is 30.4 Å². The third-order valence-corrected chi connectivity index (χ3v) is 4.59. The van der Waals surface area contributed by atoms with Gasteiger partial charge in [0.25, 0.3) is 0 Å². The summed E-state index contributed by atoms with van der Waals surface area (Å²) in [6.07, 6.45) is 5.99. The summed E-state index contributed by atoms with van der Waals surface area (Å²) >= 11 is 0. The fourth-order valence-corrected chi connectivity index (χ4v) is 3.27. The van der Waals surface area contributed by atoms with Crippen molar-refractivity contribution in [2.24, 2.45) is 0 Å². The molecule has 0 amide bonds. The van der Waals surface area contributed by atoms with Gasteiger partial charge in [-0.3, -0.25) is 0 Å². The number of ether oxygens (including phenoxy) is 3. The Labute approximate surface area is 166 Å². The van der Waals surface area contributed by atoms with E-state index in [9.17, 15) is 0 Å². The van der Waals surface area contributed by atoms with Gasteiger partial charge in [0, 0.05) is 13.7 Å². The normalized spacial score (nSPS) is 11.4. The van der Waals surface area contributed by atoms with Crippen LogP contribution in [0, 0.1) is 0 Å². The molecule has 0 radical (unpaired) electrons. The van der Waals surface area contributed by atoms with Crippen molar-refractivity contribution in [3.63, 3.8) is 0 Å². The average molecular weight is 380 g/mol. The van der Waals surface area contributed by atoms with Gasteiger partial charge in [-0.05, 0) is 49.6 Å². The third-order valence-electron chi connectivity index (χ3n) is 4.59. The number of hydrogen-bond acceptors (Lipinski definition) is 4. The first-order valence-electron chi connectivity index (χ1n) is 9.63. The predicted molar refractivity (Wildman–Crippen MR) is 113 cm³/mol. The zero-order valence-electron chi connectivity index (χ0n) is 16.9. The highest BCUT2D eigenvalue weighted by Crippen LogP contribution is 2.28. The Kier molecular flexibility index (Phi) is 7.09. The van der Waals surface area contributed by atoms with Crippen molar-refractivity contribution in [1.29, 1.82) is 0 Å². The standard InChI is InChI=1S/C23H28N2O3/c1-4-9-18-12-13-21(22(16-18)27-3)28-15-8-7-14-25-20-11-6-5-10-19(20)24-23(25)17-26-2/h4-6,9-13,16H,7-8,14-15,17H2,1-3H3/b9-4+. The van der Waals surface area contributed by atoms with E-state index in [0.29, 0.717) is 13.2 Å². The van der Waals surface area contributed by atoms with Gasteiger partial charge in [-0.15, -0.1) is 0 Å². The number of imidazole rings is 1. The molecule has 0 aliphatic heterocycles. The van der Waals surface area contributed by atoms with Crippen molar-refractivity contribution in [2.45, 2.75) is 32.9 Å². The molecule has 148 valence electrons. The lowest BCUT2D eigenvalue weighted by atomic mass is 10.2. The van der Waals surface area contributed by atoms with Crippen molar-refractivity contribution in [3.8, 4) is 11.5 Å². The van der Waals surface area contributed by atoms with Gasteiger partial charge in [0.2, 0.25) is 0 Å². The van der Waals surface area contributed by atoms with Crippen molar-refractivity contribution >= 4 is 17.1 Å². The molecule has 0 aliphatic carbocycles. The number of methoxy groups -OCH3 is 2. The zero-order valence-corrected chi connectivity index (χ0v) is 16.9. The average Bonchev–Trinajstić information content (AvgIpc) is 3.06. The minimum Gasteiger partial charge on any atom is -0.493 e. The largest absolute Gasteiger partial charge is 0.493 e. The number of benzene rings is 2. The van der Waals surface area contributed by atoms with Crippen LogP contribution in [0.15, 0.2) is 48.5 Å². The highest BCUT2D eigenvalue weighted by atomic mass is 16.5. The zero-order chi connectivity index (χ0) is 19.8. The second kappa shape index (κ2) is 9.95. The van der Waals surface area contributed by atoms with E-state index < -0.39 is 0 Å². The molecular weight excluding hydrogens is 352 g/mol. The molecule has 3 rings (SSSR count). The Hall–Kier alpha value is -2.79. The molecule has 0 atom stereocenters. The van der Waals surface area contributed by atoms with Gasteiger partial charge in [0.05, 0.1) is 24.8 Å². The van der Waals surface area contributed by atoms with Crippen LogP contribution in [0.5, 0.6) is 11.5 Å². The summed E-state index contributed by atoms with van der Waals surface area (Å²) in [6, 6.07) is 14.2. The highest BCUT2D eigenvalue weighted by Gasteiger charge is 2.10. The molecule has 28 heavy (non-hydrogen) atoms. The molecule has 1 heterocycles. The maximum atomic E-state index is 5.95. The lowest BCUT2D eigenvalue weighted by molar-refractivity contribution is 0.174. The molecular formula is C23H28N2O3. The second-order valence-corrected chi connectivity index (χ2v) is 6.57. The Bertz CT molecular complexity index is 931. The summed E-state index contributed by atoms with van der Waals surface area (Å²) in [5, 5.41) is 0. The minimum absolute atomic E-state index is 0.515. The third kappa shape index (κ3) is 4.73. The monoisotopic (exact) mass is 380 g/mol. The number of nitrogens with zero attached hydrogens (tertiary/aromatic N) is 2. The molecule has 0 unspecified atom stereocenters. The molecule has 0 spiro atoms. The first-order chi connectivity index (χ1) is 13.8. The quantitative estimate of drug-likeness (QED) is 0.460.